The van der Waals surface area contributed by atoms with E-state index in [9.17, 15) is 9.90 Å². The molecule has 3 N–H and O–H groups in total. The Labute approximate surface area is 148 Å². The van der Waals surface area contributed by atoms with Gasteiger partial charge in [-0.05, 0) is 18.6 Å². The summed E-state index contributed by atoms with van der Waals surface area (Å²) in [5.74, 6) is -1.01. The summed E-state index contributed by atoms with van der Waals surface area (Å²) in [6.07, 6.45) is 1.41. The van der Waals surface area contributed by atoms with Gasteiger partial charge in [0.15, 0.2) is 0 Å². The van der Waals surface area contributed by atoms with Crippen LogP contribution in [0.3, 0.4) is 0 Å². The van der Waals surface area contributed by atoms with Crippen LogP contribution in [0, 0.1) is 6.92 Å². The van der Waals surface area contributed by atoms with Crippen molar-refractivity contribution in [2.75, 3.05) is 18.5 Å². The summed E-state index contributed by atoms with van der Waals surface area (Å²) in [6.45, 7) is 2.13. The van der Waals surface area contributed by atoms with Gasteiger partial charge in [-0.25, -0.2) is 9.78 Å². The number of nitrogens with one attached hydrogen (secondary N) is 1. The maximum Gasteiger partial charge on any atom is 0.348 e. The first kappa shape index (κ1) is 17.1. The number of fused-ring (bicyclic) bond motifs is 1. The van der Waals surface area contributed by atoms with Crippen LogP contribution in [0.4, 0.5) is 5.69 Å². The van der Waals surface area contributed by atoms with Crippen LogP contribution in [0.2, 0.25) is 0 Å². The van der Waals surface area contributed by atoms with E-state index in [2.05, 4.69) is 15.3 Å². The Balaban J connectivity index is 2.12. The summed E-state index contributed by atoms with van der Waals surface area (Å²) in [7, 11) is 0. The Hall–Kier alpha value is -2.77. The standard InChI is InChI=1S/C18H17N3O3S/c1-11-9-13(12-5-3-2-4-6-12)21-17-14(11)15(16(25-17)18(23)24)20-10-19-7-8-22/h2-6,9-10,22H,7-8H2,1H3,(H,19,20)(H,23,24). The number of rotatable bonds is 6. The Morgan fingerprint density at radius 1 is 1.36 bits per heavy atom. The highest BCUT2D eigenvalue weighted by Gasteiger charge is 2.20. The molecule has 0 aliphatic heterocycles. The predicted octanol–water partition coefficient (Wildman–Crippen LogP) is 3.40. The van der Waals surface area contributed by atoms with Gasteiger partial charge in [0.05, 0.1) is 30.9 Å². The lowest BCUT2D eigenvalue weighted by Crippen LogP contribution is -2.03. The molecule has 0 saturated carbocycles. The molecule has 0 amide bonds. The van der Waals surface area contributed by atoms with Crippen LogP contribution in [-0.4, -0.2) is 40.7 Å². The first-order valence-electron chi connectivity index (χ1n) is 7.70. The van der Waals surface area contributed by atoms with E-state index < -0.39 is 5.97 Å². The van der Waals surface area contributed by atoms with Crippen molar-refractivity contribution in [2.24, 2.45) is 4.99 Å². The summed E-state index contributed by atoms with van der Waals surface area (Å²) in [4.78, 5) is 21.1. The number of aryl methyl sites for hydroxylation is 1. The van der Waals surface area contributed by atoms with Gasteiger partial charge in [-0.1, -0.05) is 30.3 Å². The zero-order valence-electron chi connectivity index (χ0n) is 13.6. The lowest BCUT2D eigenvalue weighted by atomic mass is 10.1. The number of aromatic nitrogens is 1. The molecule has 3 aromatic rings. The molecule has 6 nitrogen and oxygen atoms in total. The molecule has 0 unspecified atom stereocenters. The monoisotopic (exact) mass is 355 g/mol. The van der Waals surface area contributed by atoms with E-state index in [1.54, 1.807) is 0 Å². The Morgan fingerprint density at radius 2 is 2.12 bits per heavy atom. The number of aliphatic imine (C=N–C) groups is 1. The Morgan fingerprint density at radius 3 is 2.80 bits per heavy atom. The molecule has 1 aromatic carbocycles. The number of pyridine rings is 1. The van der Waals surface area contributed by atoms with Crippen LogP contribution < -0.4 is 5.32 Å². The van der Waals surface area contributed by atoms with Gasteiger partial charge in [0.2, 0.25) is 0 Å². The highest BCUT2D eigenvalue weighted by atomic mass is 32.1. The highest BCUT2D eigenvalue weighted by molar-refractivity contribution is 7.21. The topological polar surface area (TPSA) is 94.8 Å². The van der Waals surface area contributed by atoms with Gasteiger partial charge >= 0.3 is 5.97 Å². The number of hydrogen-bond donors (Lipinski definition) is 3. The van der Waals surface area contributed by atoms with E-state index in [1.807, 2.05) is 43.3 Å². The zero-order chi connectivity index (χ0) is 17.8. The molecule has 0 saturated heterocycles. The normalized spacial score (nSPS) is 11.3. The number of benzene rings is 1. The van der Waals surface area contributed by atoms with Crippen LogP contribution >= 0.6 is 11.3 Å². The van der Waals surface area contributed by atoms with Crippen molar-refractivity contribution in [1.29, 1.82) is 0 Å². The summed E-state index contributed by atoms with van der Waals surface area (Å²) in [6, 6.07) is 11.7. The molecule has 2 heterocycles. The highest BCUT2D eigenvalue weighted by Crippen LogP contribution is 2.38. The zero-order valence-corrected chi connectivity index (χ0v) is 14.4. The molecule has 0 aliphatic rings. The molecule has 0 spiro atoms. The Kier molecular flexibility index (Phi) is 5.06. The minimum absolute atomic E-state index is 0.0601. The van der Waals surface area contributed by atoms with Crippen LogP contribution in [0.1, 0.15) is 15.2 Å². The molecular formula is C18H17N3O3S. The van der Waals surface area contributed by atoms with Crippen molar-refractivity contribution in [3.8, 4) is 11.3 Å². The van der Waals surface area contributed by atoms with E-state index in [-0.39, 0.29) is 18.0 Å². The van der Waals surface area contributed by atoms with Gasteiger partial charge in [-0.2, -0.15) is 0 Å². The van der Waals surface area contributed by atoms with Gasteiger partial charge in [0.1, 0.15) is 9.71 Å². The molecule has 7 heteroatoms. The molecule has 25 heavy (non-hydrogen) atoms. The molecule has 0 bridgehead atoms. The quantitative estimate of drug-likeness (QED) is 0.465. The number of carbonyl (C=O) groups is 1. The molecule has 2 aromatic heterocycles. The van der Waals surface area contributed by atoms with Crippen LogP contribution in [0.15, 0.2) is 41.4 Å². The molecule has 0 radical (unpaired) electrons. The Bertz CT molecular complexity index is 936. The van der Waals surface area contributed by atoms with Crippen molar-refractivity contribution in [3.05, 3.63) is 46.8 Å². The molecule has 0 atom stereocenters. The minimum Gasteiger partial charge on any atom is -0.477 e. The van der Waals surface area contributed by atoms with Crippen LogP contribution in [0.25, 0.3) is 21.5 Å². The average molecular weight is 355 g/mol. The number of carboxylic acids is 1. The fraction of sp³-hybridized carbons (Fsp3) is 0.167. The van der Waals surface area contributed by atoms with E-state index in [1.165, 1.54) is 6.34 Å². The lowest BCUT2D eigenvalue weighted by molar-refractivity contribution is 0.0703. The first-order valence-corrected chi connectivity index (χ1v) is 8.52. The summed E-state index contributed by atoms with van der Waals surface area (Å²) in [5.41, 5.74) is 3.21. The van der Waals surface area contributed by atoms with Gasteiger partial charge in [0, 0.05) is 10.9 Å². The van der Waals surface area contributed by atoms with Crippen molar-refractivity contribution < 1.29 is 15.0 Å². The van der Waals surface area contributed by atoms with E-state index in [0.29, 0.717) is 10.5 Å². The molecular weight excluding hydrogens is 338 g/mol. The third-order valence-electron chi connectivity index (χ3n) is 3.65. The third kappa shape index (κ3) is 3.52. The molecule has 0 fully saturated rings. The second-order valence-corrected chi connectivity index (χ2v) is 6.38. The van der Waals surface area contributed by atoms with Crippen molar-refractivity contribution in [2.45, 2.75) is 6.92 Å². The average Bonchev–Trinajstić information content (AvgIpc) is 2.99. The maximum atomic E-state index is 11.6. The predicted molar refractivity (Wildman–Crippen MR) is 101 cm³/mol. The van der Waals surface area contributed by atoms with Crippen molar-refractivity contribution >= 4 is 39.5 Å². The van der Waals surface area contributed by atoms with Gasteiger partial charge in [0.25, 0.3) is 0 Å². The number of hydrogen-bond acceptors (Lipinski definition) is 5. The number of aromatic carboxylic acids is 1. The smallest absolute Gasteiger partial charge is 0.348 e. The fourth-order valence-electron chi connectivity index (χ4n) is 2.56. The number of aliphatic hydroxyl groups excluding tert-OH is 1. The number of thiophene rings is 1. The third-order valence-corrected chi connectivity index (χ3v) is 4.72. The van der Waals surface area contributed by atoms with E-state index in [0.717, 1.165) is 33.5 Å². The number of anilines is 1. The second kappa shape index (κ2) is 7.42. The van der Waals surface area contributed by atoms with E-state index in [4.69, 9.17) is 5.11 Å². The van der Waals surface area contributed by atoms with Crippen molar-refractivity contribution in [3.63, 3.8) is 0 Å². The summed E-state index contributed by atoms with van der Waals surface area (Å²) >= 11 is 1.13. The summed E-state index contributed by atoms with van der Waals surface area (Å²) in [5, 5.41) is 22.0. The van der Waals surface area contributed by atoms with Gasteiger partial charge in [-0.15, -0.1) is 11.3 Å². The van der Waals surface area contributed by atoms with Crippen LogP contribution in [-0.2, 0) is 0 Å². The lowest BCUT2D eigenvalue weighted by Gasteiger charge is -2.06. The van der Waals surface area contributed by atoms with Gasteiger partial charge in [-0.3, -0.25) is 4.99 Å². The fourth-order valence-corrected chi connectivity index (χ4v) is 3.61. The molecule has 128 valence electrons. The van der Waals surface area contributed by atoms with Crippen LogP contribution in [0.5, 0.6) is 0 Å². The number of nitrogens with zero attached hydrogens (tertiary/aromatic N) is 2. The van der Waals surface area contributed by atoms with E-state index >= 15 is 0 Å². The largest absolute Gasteiger partial charge is 0.477 e. The van der Waals surface area contributed by atoms with Gasteiger partial charge < -0.3 is 15.5 Å². The SMILES string of the molecule is Cc1cc(-c2ccccc2)nc2sc(C(=O)O)c(NC=NCCO)c12. The number of aliphatic hydroxyl groups is 1. The molecule has 3 rings (SSSR count). The first-order chi connectivity index (χ1) is 12.1. The number of carboxylic acid groups (broad SMARTS) is 1. The second-order valence-electron chi connectivity index (χ2n) is 5.39. The molecule has 0 aliphatic carbocycles. The minimum atomic E-state index is -1.01. The summed E-state index contributed by atoms with van der Waals surface area (Å²) < 4.78 is 0. The van der Waals surface area contributed by atoms with Crippen molar-refractivity contribution in [1.82, 2.24) is 4.98 Å². The maximum absolute atomic E-state index is 11.6.